The summed E-state index contributed by atoms with van der Waals surface area (Å²) in [6.07, 6.45) is 5.46. The van der Waals surface area contributed by atoms with E-state index in [1.54, 1.807) is 6.20 Å². The Hall–Kier alpha value is -2.34. The number of carbonyl (C=O) groups is 1. The van der Waals surface area contributed by atoms with Gasteiger partial charge in [0.1, 0.15) is 5.82 Å². The van der Waals surface area contributed by atoms with Gasteiger partial charge in [-0.05, 0) is 50.3 Å². The van der Waals surface area contributed by atoms with E-state index in [4.69, 9.17) is 0 Å². The number of hydrogen-bond donors (Lipinski definition) is 2. The van der Waals surface area contributed by atoms with Crippen molar-refractivity contribution in [2.45, 2.75) is 32.7 Å². The van der Waals surface area contributed by atoms with Crippen molar-refractivity contribution >= 4 is 6.03 Å². The maximum absolute atomic E-state index is 12.4. The summed E-state index contributed by atoms with van der Waals surface area (Å²) >= 11 is 0. The van der Waals surface area contributed by atoms with Gasteiger partial charge in [0.15, 0.2) is 0 Å². The quantitative estimate of drug-likeness (QED) is 0.897. The Bertz CT molecular complexity index is 702. The molecule has 1 aliphatic heterocycles. The van der Waals surface area contributed by atoms with Gasteiger partial charge in [-0.3, -0.25) is 0 Å². The lowest BCUT2D eigenvalue weighted by atomic mass is 9.98. The van der Waals surface area contributed by atoms with Crippen LogP contribution in [0.4, 0.5) is 4.79 Å². The smallest absolute Gasteiger partial charge is 0.317 e. The molecule has 1 aromatic heterocycles. The monoisotopic (exact) mass is 342 g/mol. The third kappa shape index (κ3) is 4.02. The van der Waals surface area contributed by atoms with Gasteiger partial charge in [-0.2, -0.15) is 0 Å². The second-order valence-corrected chi connectivity index (χ2v) is 6.72. The third-order valence-electron chi connectivity index (χ3n) is 5.00. The van der Waals surface area contributed by atoms with Gasteiger partial charge in [0.2, 0.25) is 0 Å². The van der Waals surface area contributed by atoms with Gasteiger partial charge in [0.25, 0.3) is 0 Å². The summed E-state index contributed by atoms with van der Waals surface area (Å²) in [5, 5.41) is 12.3. The first kappa shape index (κ1) is 17.5. The van der Waals surface area contributed by atoms with Crippen LogP contribution in [0.25, 0.3) is 5.69 Å². The SMILES string of the molecule is Cc1nccn1-c1ccc(C(C)NC(=O)N2CCC(CO)CC2)cc1. The number of aryl methyl sites for hydroxylation is 1. The van der Waals surface area contributed by atoms with Crippen molar-refractivity contribution in [1.29, 1.82) is 0 Å². The fourth-order valence-electron chi connectivity index (χ4n) is 3.25. The van der Waals surface area contributed by atoms with Crippen LogP contribution >= 0.6 is 0 Å². The number of aromatic nitrogens is 2. The molecule has 6 nitrogen and oxygen atoms in total. The molecule has 1 fully saturated rings. The van der Waals surface area contributed by atoms with E-state index in [0.717, 1.165) is 29.9 Å². The highest BCUT2D eigenvalue weighted by Gasteiger charge is 2.23. The maximum atomic E-state index is 12.4. The number of amides is 2. The standard InChI is InChI=1S/C19H26N4O2/c1-14(21-19(25)22-10-7-16(13-24)8-11-22)17-3-5-18(6-4-17)23-12-9-20-15(23)2/h3-6,9,12,14,16,24H,7-8,10-11,13H2,1-2H3,(H,21,25). The number of rotatable bonds is 4. The zero-order valence-corrected chi connectivity index (χ0v) is 14.9. The molecule has 1 aliphatic rings. The molecule has 1 aromatic carbocycles. The number of hydrogen-bond acceptors (Lipinski definition) is 3. The van der Waals surface area contributed by atoms with Crippen LogP contribution in [0.15, 0.2) is 36.7 Å². The molecule has 134 valence electrons. The second-order valence-electron chi connectivity index (χ2n) is 6.72. The molecule has 2 heterocycles. The molecule has 2 amide bonds. The molecule has 25 heavy (non-hydrogen) atoms. The van der Waals surface area contributed by atoms with Crippen LogP contribution in [0.1, 0.15) is 37.2 Å². The van der Waals surface area contributed by atoms with Gasteiger partial charge in [0, 0.05) is 37.8 Å². The summed E-state index contributed by atoms with van der Waals surface area (Å²) in [6, 6.07) is 8.08. The fraction of sp³-hybridized carbons (Fsp3) is 0.474. The topological polar surface area (TPSA) is 70.4 Å². The largest absolute Gasteiger partial charge is 0.396 e. The zero-order valence-electron chi connectivity index (χ0n) is 14.9. The van der Waals surface area contributed by atoms with Crippen molar-refractivity contribution < 1.29 is 9.90 Å². The highest BCUT2D eigenvalue weighted by molar-refractivity contribution is 5.74. The van der Waals surface area contributed by atoms with E-state index in [9.17, 15) is 9.90 Å². The summed E-state index contributed by atoms with van der Waals surface area (Å²) < 4.78 is 2.03. The van der Waals surface area contributed by atoms with Crippen molar-refractivity contribution in [3.05, 3.63) is 48.0 Å². The summed E-state index contributed by atoms with van der Waals surface area (Å²) in [5.41, 5.74) is 2.13. The number of nitrogens with one attached hydrogen (secondary N) is 1. The molecule has 0 aliphatic carbocycles. The predicted molar refractivity (Wildman–Crippen MR) is 96.6 cm³/mol. The predicted octanol–water partition coefficient (Wildman–Crippen LogP) is 2.66. The molecule has 3 rings (SSSR count). The highest BCUT2D eigenvalue weighted by Crippen LogP contribution is 2.19. The number of carbonyl (C=O) groups excluding carboxylic acids is 1. The van der Waals surface area contributed by atoms with Gasteiger partial charge < -0.3 is 19.9 Å². The van der Waals surface area contributed by atoms with Gasteiger partial charge in [-0.15, -0.1) is 0 Å². The first-order valence-corrected chi connectivity index (χ1v) is 8.85. The lowest BCUT2D eigenvalue weighted by Gasteiger charge is -2.32. The van der Waals surface area contributed by atoms with Crippen LogP contribution in [0.5, 0.6) is 0 Å². The first-order chi connectivity index (χ1) is 12.1. The number of imidazole rings is 1. The zero-order chi connectivity index (χ0) is 17.8. The summed E-state index contributed by atoms with van der Waals surface area (Å²) in [6.45, 7) is 5.60. The molecule has 0 bridgehead atoms. The van der Waals surface area contributed by atoms with Crippen LogP contribution in [-0.4, -0.2) is 45.3 Å². The number of piperidine rings is 1. The molecule has 1 atom stereocenters. The molecule has 0 radical (unpaired) electrons. The van der Waals surface area contributed by atoms with Gasteiger partial charge in [-0.25, -0.2) is 9.78 Å². The van der Waals surface area contributed by atoms with Crippen LogP contribution < -0.4 is 5.32 Å². The van der Waals surface area contributed by atoms with E-state index in [1.807, 2.05) is 53.8 Å². The molecule has 2 aromatic rings. The summed E-state index contributed by atoms with van der Waals surface area (Å²) in [4.78, 5) is 18.5. The number of aliphatic hydroxyl groups is 1. The molecule has 0 spiro atoms. The Balaban J connectivity index is 1.59. The van der Waals surface area contributed by atoms with E-state index < -0.39 is 0 Å². The average Bonchev–Trinajstić information content (AvgIpc) is 3.07. The van der Waals surface area contributed by atoms with E-state index in [0.29, 0.717) is 19.0 Å². The third-order valence-corrected chi connectivity index (χ3v) is 5.00. The van der Waals surface area contributed by atoms with Crippen molar-refractivity contribution in [1.82, 2.24) is 19.8 Å². The number of nitrogens with zero attached hydrogens (tertiary/aromatic N) is 3. The number of benzene rings is 1. The second kappa shape index (κ2) is 7.70. The van der Waals surface area contributed by atoms with Crippen molar-refractivity contribution in [2.75, 3.05) is 19.7 Å². The normalized spacial score (nSPS) is 16.7. The van der Waals surface area contributed by atoms with E-state index in [2.05, 4.69) is 10.3 Å². The van der Waals surface area contributed by atoms with Crippen LogP contribution in [0, 0.1) is 12.8 Å². The number of urea groups is 1. The molecule has 1 unspecified atom stereocenters. The van der Waals surface area contributed by atoms with E-state index >= 15 is 0 Å². The molecular formula is C19H26N4O2. The minimum absolute atomic E-state index is 0.0292. The maximum Gasteiger partial charge on any atom is 0.317 e. The highest BCUT2D eigenvalue weighted by atomic mass is 16.3. The molecule has 6 heteroatoms. The van der Waals surface area contributed by atoms with E-state index in [-0.39, 0.29) is 18.7 Å². The summed E-state index contributed by atoms with van der Waals surface area (Å²) in [5.74, 6) is 1.28. The van der Waals surface area contributed by atoms with Gasteiger partial charge in [-0.1, -0.05) is 12.1 Å². The minimum atomic E-state index is -0.0546. The average molecular weight is 342 g/mol. The Labute approximate surface area is 148 Å². The van der Waals surface area contributed by atoms with Crippen molar-refractivity contribution in [3.8, 4) is 5.69 Å². The Kier molecular flexibility index (Phi) is 5.38. The van der Waals surface area contributed by atoms with Crippen molar-refractivity contribution in [2.24, 2.45) is 5.92 Å². The Morgan fingerprint density at radius 1 is 1.32 bits per heavy atom. The fourth-order valence-corrected chi connectivity index (χ4v) is 3.25. The van der Waals surface area contributed by atoms with Crippen LogP contribution in [0.3, 0.4) is 0 Å². The number of aliphatic hydroxyl groups excluding tert-OH is 1. The molecular weight excluding hydrogens is 316 g/mol. The lowest BCUT2D eigenvalue weighted by molar-refractivity contribution is 0.136. The Morgan fingerprint density at radius 2 is 2.00 bits per heavy atom. The minimum Gasteiger partial charge on any atom is -0.396 e. The van der Waals surface area contributed by atoms with Gasteiger partial charge >= 0.3 is 6.03 Å². The molecule has 2 N–H and O–H groups in total. The van der Waals surface area contributed by atoms with E-state index in [1.165, 1.54) is 0 Å². The molecule has 0 saturated carbocycles. The number of likely N-dealkylation sites (tertiary alicyclic amines) is 1. The summed E-state index contributed by atoms with van der Waals surface area (Å²) in [7, 11) is 0. The van der Waals surface area contributed by atoms with Crippen LogP contribution in [0.2, 0.25) is 0 Å². The van der Waals surface area contributed by atoms with Gasteiger partial charge in [0.05, 0.1) is 6.04 Å². The molecule has 1 saturated heterocycles. The van der Waals surface area contributed by atoms with Crippen molar-refractivity contribution in [3.63, 3.8) is 0 Å². The van der Waals surface area contributed by atoms with Crippen LogP contribution in [-0.2, 0) is 0 Å². The first-order valence-electron chi connectivity index (χ1n) is 8.85. The lowest BCUT2D eigenvalue weighted by Crippen LogP contribution is -2.45. The Morgan fingerprint density at radius 3 is 2.56 bits per heavy atom.